The molecule has 1 aromatic heterocycles. The third-order valence-electron chi connectivity index (χ3n) is 5.88. The molecule has 0 unspecified atom stereocenters. The van der Waals surface area contributed by atoms with Gasteiger partial charge in [0, 0.05) is 0 Å². The first-order valence-corrected chi connectivity index (χ1v) is 11.6. The van der Waals surface area contributed by atoms with Gasteiger partial charge < -0.3 is 14.2 Å². The van der Waals surface area contributed by atoms with Crippen LogP contribution in [0.2, 0.25) is 0 Å². The lowest BCUT2D eigenvalue weighted by Gasteiger charge is -2.10. The van der Waals surface area contributed by atoms with Crippen LogP contribution in [0.15, 0.2) is 46.4 Å². The van der Waals surface area contributed by atoms with Gasteiger partial charge in [0.2, 0.25) is 11.8 Å². The molecule has 2 atom stereocenters. The van der Waals surface area contributed by atoms with Crippen molar-refractivity contribution < 1.29 is 19.0 Å². The van der Waals surface area contributed by atoms with Crippen LogP contribution in [0.3, 0.4) is 0 Å². The zero-order valence-corrected chi connectivity index (χ0v) is 19.9. The van der Waals surface area contributed by atoms with Gasteiger partial charge >= 0.3 is 5.97 Å². The first-order chi connectivity index (χ1) is 15.9. The van der Waals surface area contributed by atoms with Crippen LogP contribution in [0, 0.1) is 11.8 Å². The van der Waals surface area contributed by atoms with Crippen LogP contribution >= 0.6 is 0 Å². The quantitative estimate of drug-likeness (QED) is 0.580. The molecule has 4 rings (SSSR count). The maximum atomic E-state index is 12.0. The predicted octanol–water partition coefficient (Wildman–Crippen LogP) is 4.53. The number of carbonyl (C=O) groups is 1. The number of hydrogen-bond acceptors (Lipinski definition) is 7. The van der Waals surface area contributed by atoms with Gasteiger partial charge in [-0.05, 0) is 54.2 Å². The highest BCUT2D eigenvalue weighted by atomic mass is 16.5. The first-order valence-electron chi connectivity index (χ1n) is 11.6. The monoisotopic (exact) mass is 449 g/mol. The Balaban J connectivity index is 1.73. The van der Waals surface area contributed by atoms with Gasteiger partial charge in [-0.1, -0.05) is 39.8 Å². The molecule has 0 aliphatic carbocycles. The fourth-order valence-electron chi connectivity index (χ4n) is 3.67. The van der Waals surface area contributed by atoms with E-state index >= 15 is 0 Å². The Morgan fingerprint density at radius 3 is 1.85 bits per heavy atom. The molecule has 0 spiro atoms. The highest BCUT2D eigenvalue weighted by Crippen LogP contribution is 2.26. The summed E-state index contributed by atoms with van der Waals surface area (Å²) in [7, 11) is 0. The van der Waals surface area contributed by atoms with Crippen molar-refractivity contribution in [2.75, 3.05) is 19.8 Å². The number of ether oxygens (including phenoxy) is 3. The van der Waals surface area contributed by atoms with E-state index in [1.54, 1.807) is 19.1 Å². The van der Waals surface area contributed by atoms with Crippen molar-refractivity contribution in [3.8, 4) is 11.1 Å². The Bertz CT molecular complexity index is 1020. The Morgan fingerprint density at radius 2 is 1.42 bits per heavy atom. The summed E-state index contributed by atoms with van der Waals surface area (Å²) in [5.41, 5.74) is 3.68. The van der Waals surface area contributed by atoms with E-state index in [2.05, 4.69) is 27.7 Å². The average molecular weight is 450 g/mol. The van der Waals surface area contributed by atoms with Gasteiger partial charge in [-0.15, -0.1) is 0 Å². The van der Waals surface area contributed by atoms with E-state index in [9.17, 15) is 4.79 Å². The second-order valence-corrected chi connectivity index (χ2v) is 9.04. The molecule has 0 bridgehead atoms. The highest BCUT2D eigenvalue weighted by Gasteiger charge is 2.27. The lowest BCUT2D eigenvalue weighted by atomic mass is 10.0. The van der Waals surface area contributed by atoms with Crippen molar-refractivity contribution >= 4 is 17.8 Å². The number of nitrogens with zero attached hydrogens (tertiary/aromatic N) is 3. The first kappa shape index (κ1) is 23.0. The molecule has 0 saturated heterocycles. The fourth-order valence-corrected chi connectivity index (χ4v) is 3.67. The minimum atomic E-state index is -0.331. The fraction of sp³-hybridized carbons (Fsp3) is 0.462. The van der Waals surface area contributed by atoms with E-state index in [0.29, 0.717) is 60.4 Å². The number of carbonyl (C=O) groups excluding carboxylic acids is 1. The van der Waals surface area contributed by atoms with Gasteiger partial charge in [0.25, 0.3) is 0 Å². The third kappa shape index (κ3) is 5.07. The summed E-state index contributed by atoms with van der Waals surface area (Å²) >= 11 is 0. The molecule has 1 aromatic carbocycles. The molecular formula is C26H31N3O4. The second kappa shape index (κ2) is 9.73. The molecule has 33 heavy (non-hydrogen) atoms. The number of pyridine rings is 1. The summed E-state index contributed by atoms with van der Waals surface area (Å²) in [6.45, 7) is 11.8. The van der Waals surface area contributed by atoms with E-state index in [-0.39, 0.29) is 18.1 Å². The second-order valence-electron chi connectivity index (χ2n) is 9.04. The van der Waals surface area contributed by atoms with Crippen LogP contribution in [-0.2, 0) is 14.2 Å². The lowest BCUT2D eigenvalue weighted by Crippen LogP contribution is -2.13. The molecule has 0 radical (unpaired) electrons. The minimum absolute atomic E-state index is 0.114. The Morgan fingerprint density at radius 1 is 0.909 bits per heavy atom. The smallest absolute Gasteiger partial charge is 0.338 e. The molecule has 0 saturated carbocycles. The molecule has 3 heterocycles. The topological polar surface area (TPSA) is 82.4 Å². The van der Waals surface area contributed by atoms with Crippen LogP contribution in [0.1, 0.15) is 56.4 Å². The maximum Gasteiger partial charge on any atom is 0.338 e. The van der Waals surface area contributed by atoms with E-state index in [0.717, 1.165) is 11.1 Å². The lowest BCUT2D eigenvalue weighted by molar-refractivity contribution is 0.0526. The summed E-state index contributed by atoms with van der Waals surface area (Å²) < 4.78 is 16.9. The average Bonchev–Trinajstić information content (AvgIpc) is 3.50. The van der Waals surface area contributed by atoms with Gasteiger partial charge in [0.1, 0.15) is 24.6 Å². The van der Waals surface area contributed by atoms with Crippen molar-refractivity contribution in [3.63, 3.8) is 0 Å². The van der Waals surface area contributed by atoms with Crippen molar-refractivity contribution in [2.45, 2.75) is 46.7 Å². The van der Waals surface area contributed by atoms with Crippen molar-refractivity contribution in [2.24, 2.45) is 21.8 Å². The Hall–Kier alpha value is -3.22. The predicted molar refractivity (Wildman–Crippen MR) is 128 cm³/mol. The van der Waals surface area contributed by atoms with Gasteiger partial charge in [-0.3, -0.25) is 0 Å². The summed E-state index contributed by atoms with van der Waals surface area (Å²) in [4.78, 5) is 26.3. The SMILES string of the molecule is CCOC(=O)c1ccc(-c2cc(C3=N[C@@H](C(C)C)CO3)nc(C3=N[C@@H](C(C)C)CO3)c2)cc1. The molecule has 2 aliphatic heterocycles. The molecule has 2 aromatic rings. The van der Waals surface area contributed by atoms with Crippen molar-refractivity contribution in [1.29, 1.82) is 0 Å². The molecule has 0 N–H and O–H groups in total. The summed E-state index contributed by atoms with van der Waals surface area (Å²) in [6.07, 6.45) is 0. The van der Waals surface area contributed by atoms with Crippen molar-refractivity contribution in [3.05, 3.63) is 53.3 Å². The zero-order valence-electron chi connectivity index (χ0n) is 19.9. The molecule has 0 fully saturated rings. The third-order valence-corrected chi connectivity index (χ3v) is 5.88. The maximum absolute atomic E-state index is 12.0. The Kier molecular flexibility index (Phi) is 6.77. The van der Waals surface area contributed by atoms with Crippen LogP contribution in [0.5, 0.6) is 0 Å². The Labute approximate surface area is 194 Å². The van der Waals surface area contributed by atoms with Gasteiger partial charge in [0.05, 0.1) is 24.3 Å². The van der Waals surface area contributed by atoms with Crippen LogP contribution in [0.25, 0.3) is 11.1 Å². The van der Waals surface area contributed by atoms with Gasteiger partial charge in [-0.25, -0.2) is 19.8 Å². The zero-order chi connectivity index (χ0) is 23.5. The molecule has 7 nitrogen and oxygen atoms in total. The highest BCUT2D eigenvalue weighted by molar-refractivity contribution is 5.99. The summed E-state index contributed by atoms with van der Waals surface area (Å²) in [5, 5.41) is 0. The summed E-state index contributed by atoms with van der Waals surface area (Å²) in [6, 6.07) is 11.5. The summed E-state index contributed by atoms with van der Waals surface area (Å²) in [5.74, 6) is 1.52. The van der Waals surface area contributed by atoms with Gasteiger partial charge in [-0.2, -0.15) is 0 Å². The molecule has 174 valence electrons. The van der Waals surface area contributed by atoms with E-state index in [4.69, 9.17) is 29.2 Å². The minimum Gasteiger partial charge on any atom is -0.474 e. The molecule has 0 amide bonds. The van der Waals surface area contributed by atoms with Crippen LogP contribution in [0.4, 0.5) is 0 Å². The molecule has 7 heteroatoms. The normalized spacial score (nSPS) is 19.8. The number of benzene rings is 1. The number of esters is 1. The van der Waals surface area contributed by atoms with E-state index in [1.165, 1.54) is 0 Å². The van der Waals surface area contributed by atoms with E-state index in [1.807, 2.05) is 24.3 Å². The molecule has 2 aliphatic rings. The number of rotatable bonds is 7. The van der Waals surface area contributed by atoms with Gasteiger partial charge in [0.15, 0.2) is 0 Å². The van der Waals surface area contributed by atoms with Crippen LogP contribution in [-0.4, -0.2) is 54.7 Å². The number of aliphatic imine (C=N–C) groups is 2. The number of hydrogen-bond donors (Lipinski definition) is 0. The largest absolute Gasteiger partial charge is 0.474 e. The standard InChI is InChI=1S/C26H31N3O4/c1-6-31-26(30)18-9-7-17(8-10-18)19-11-20(24-28-22(13-32-24)15(2)3)27-21(12-19)25-29-23(14-33-25)16(4)5/h7-12,15-16,22-23H,6,13-14H2,1-5H3/t22-,23-/m1/s1. The van der Waals surface area contributed by atoms with E-state index < -0.39 is 0 Å². The van der Waals surface area contributed by atoms with Crippen molar-refractivity contribution in [1.82, 2.24) is 4.98 Å². The van der Waals surface area contributed by atoms with Crippen LogP contribution < -0.4 is 0 Å². The molecular weight excluding hydrogens is 418 g/mol. The number of aromatic nitrogens is 1.